The van der Waals surface area contributed by atoms with E-state index in [4.69, 9.17) is 12.2 Å². The second-order valence-corrected chi connectivity index (χ2v) is 8.23. The summed E-state index contributed by atoms with van der Waals surface area (Å²) in [5.74, 6) is 0.247. The lowest BCUT2D eigenvalue weighted by Crippen LogP contribution is -2.29. The molecule has 1 saturated heterocycles. The van der Waals surface area contributed by atoms with E-state index in [2.05, 4.69) is 38.2 Å². The smallest absolute Gasteiger partial charge is 0.174 e. The lowest BCUT2D eigenvalue weighted by molar-refractivity contribution is 0.475. The Balaban J connectivity index is 1.56. The lowest BCUT2D eigenvalue weighted by Gasteiger charge is -2.27. The third-order valence-corrected chi connectivity index (χ3v) is 6.37. The number of nitrogens with one attached hydrogen (secondary N) is 1. The molecule has 1 aliphatic carbocycles. The van der Waals surface area contributed by atoms with E-state index in [-0.39, 0.29) is 17.8 Å². The van der Waals surface area contributed by atoms with E-state index >= 15 is 0 Å². The summed E-state index contributed by atoms with van der Waals surface area (Å²) in [5, 5.41) is 13.9. The highest BCUT2D eigenvalue weighted by Gasteiger charge is 2.41. The number of hydrogen-bond donors (Lipinski definition) is 2. The van der Waals surface area contributed by atoms with Crippen LogP contribution in [-0.4, -0.2) is 19.8 Å². The zero-order valence-corrected chi connectivity index (χ0v) is 16.9. The molecule has 2 fully saturated rings. The number of aromatic hydroxyl groups is 1. The van der Waals surface area contributed by atoms with Crippen LogP contribution < -0.4 is 10.2 Å². The molecule has 0 spiro atoms. The Hall–Kier alpha value is -2.86. The Kier molecular flexibility index (Phi) is 4.72. The topological polar surface area (TPSA) is 53.3 Å². The molecule has 148 valence electrons. The number of hydrogen-bond acceptors (Lipinski definition) is 3. The molecule has 2 aliphatic rings. The molecule has 0 bridgehead atoms. The predicted octanol–water partition coefficient (Wildman–Crippen LogP) is 4.88. The summed E-state index contributed by atoms with van der Waals surface area (Å²) in [6.45, 7) is 0. The molecule has 5 rings (SSSR count). The van der Waals surface area contributed by atoms with Gasteiger partial charge in [0.05, 0.1) is 17.8 Å². The van der Waals surface area contributed by atoms with Crippen LogP contribution in [0.5, 0.6) is 5.75 Å². The third kappa shape index (κ3) is 3.38. The van der Waals surface area contributed by atoms with Gasteiger partial charge in [0.2, 0.25) is 0 Å². The van der Waals surface area contributed by atoms with Gasteiger partial charge in [0.15, 0.2) is 5.11 Å². The van der Waals surface area contributed by atoms with Crippen molar-refractivity contribution in [2.24, 2.45) is 0 Å². The van der Waals surface area contributed by atoms with Crippen molar-refractivity contribution in [3.63, 3.8) is 0 Å². The molecule has 6 heteroatoms. The zero-order valence-electron chi connectivity index (χ0n) is 16.1. The minimum absolute atomic E-state index is 0.00963. The lowest BCUT2D eigenvalue weighted by atomic mass is 9.98. The highest BCUT2D eigenvalue weighted by Crippen LogP contribution is 2.42. The molecule has 0 radical (unpaired) electrons. The summed E-state index contributed by atoms with van der Waals surface area (Å²) in [6, 6.07) is 16.0. The van der Waals surface area contributed by atoms with Crippen LogP contribution >= 0.6 is 12.2 Å². The normalized spacial score (nSPS) is 22.2. The van der Waals surface area contributed by atoms with E-state index in [1.54, 1.807) is 12.1 Å². The van der Waals surface area contributed by atoms with Crippen LogP contribution in [0.1, 0.15) is 55.1 Å². The number of benzene rings is 1. The minimum Gasteiger partial charge on any atom is -0.508 e. The molecule has 0 unspecified atom stereocenters. The second kappa shape index (κ2) is 7.52. The Labute approximate surface area is 176 Å². The number of rotatable bonds is 4. The predicted molar refractivity (Wildman–Crippen MR) is 118 cm³/mol. The average Bonchev–Trinajstić information content (AvgIpc) is 3.49. The Bertz CT molecular complexity index is 995. The zero-order chi connectivity index (χ0) is 19.8. The first-order valence-corrected chi connectivity index (χ1v) is 10.6. The SMILES string of the molecule is Oc1ccc(N2C(=S)N[C@H](c3ccccn3)[C@@H]2c2ccn(C3CCCC3)c2)cc1. The van der Waals surface area contributed by atoms with E-state index in [0.29, 0.717) is 11.2 Å². The number of phenolic OH excluding ortho intramolecular Hbond substituents is 1. The molecule has 29 heavy (non-hydrogen) atoms. The fraction of sp³-hybridized carbons (Fsp3) is 0.304. The Morgan fingerprint density at radius 3 is 2.55 bits per heavy atom. The van der Waals surface area contributed by atoms with Crippen LogP contribution in [-0.2, 0) is 0 Å². The van der Waals surface area contributed by atoms with Gasteiger partial charge in [0.25, 0.3) is 0 Å². The Morgan fingerprint density at radius 2 is 1.83 bits per heavy atom. The van der Waals surface area contributed by atoms with Crippen LogP contribution in [0.25, 0.3) is 0 Å². The molecular weight excluding hydrogens is 380 g/mol. The van der Waals surface area contributed by atoms with E-state index in [1.807, 2.05) is 36.5 Å². The first-order chi connectivity index (χ1) is 14.2. The number of thiocarbonyl (C=S) groups is 1. The van der Waals surface area contributed by atoms with Gasteiger partial charge in [-0.25, -0.2) is 0 Å². The maximum Gasteiger partial charge on any atom is 0.174 e. The Morgan fingerprint density at radius 1 is 1.03 bits per heavy atom. The summed E-state index contributed by atoms with van der Waals surface area (Å²) >= 11 is 5.74. The molecule has 2 N–H and O–H groups in total. The highest BCUT2D eigenvalue weighted by molar-refractivity contribution is 7.80. The van der Waals surface area contributed by atoms with Crippen LogP contribution in [0.3, 0.4) is 0 Å². The van der Waals surface area contributed by atoms with Gasteiger partial charge in [-0.15, -0.1) is 0 Å². The van der Waals surface area contributed by atoms with E-state index in [0.717, 1.165) is 11.4 Å². The van der Waals surface area contributed by atoms with Gasteiger partial charge in [-0.1, -0.05) is 18.9 Å². The van der Waals surface area contributed by atoms with Gasteiger partial charge in [0, 0.05) is 30.3 Å². The van der Waals surface area contributed by atoms with Gasteiger partial charge < -0.3 is 19.9 Å². The average molecular weight is 405 g/mol. The first-order valence-electron chi connectivity index (χ1n) is 10.2. The number of aromatic nitrogens is 2. The monoisotopic (exact) mass is 404 g/mol. The molecule has 3 heterocycles. The second-order valence-electron chi connectivity index (χ2n) is 7.84. The number of nitrogens with zero attached hydrogens (tertiary/aromatic N) is 3. The molecule has 5 nitrogen and oxygen atoms in total. The van der Waals surface area contributed by atoms with Gasteiger partial charge in [0.1, 0.15) is 5.75 Å². The van der Waals surface area contributed by atoms with Crippen molar-refractivity contribution in [1.82, 2.24) is 14.9 Å². The van der Waals surface area contributed by atoms with Gasteiger partial charge in [-0.05, 0) is 73.1 Å². The molecule has 3 aromatic rings. The standard InChI is InChI=1S/C23H24N4OS/c28-19-10-8-18(9-11-19)27-22(16-12-14-26(15-16)17-5-1-2-6-17)21(25-23(27)29)20-7-3-4-13-24-20/h3-4,7-15,17,21-22,28H,1-2,5-6H2,(H,25,29)/t21-,22+/m1/s1. The number of pyridine rings is 1. The van der Waals surface area contributed by atoms with Crippen molar-refractivity contribution in [3.8, 4) is 5.75 Å². The summed E-state index contributed by atoms with van der Waals surface area (Å²) in [7, 11) is 0. The largest absolute Gasteiger partial charge is 0.508 e. The molecule has 1 aliphatic heterocycles. The van der Waals surface area contributed by atoms with Crippen LogP contribution in [0.2, 0.25) is 0 Å². The van der Waals surface area contributed by atoms with Crippen molar-refractivity contribution < 1.29 is 5.11 Å². The molecule has 0 amide bonds. The summed E-state index contributed by atoms with van der Waals surface area (Å²) in [5.41, 5.74) is 3.14. The van der Waals surface area contributed by atoms with Crippen LogP contribution in [0.15, 0.2) is 67.1 Å². The van der Waals surface area contributed by atoms with Crippen molar-refractivity contribution >= 4 is 23.0 Å². The van der Waals surface area contributed by atoms with Crippen molar-refractivity contribution in [1.29, 1.82) is 0 Å². The molecule has 2 atom stereocenters. The molecule has 1 saturated carbocycles. The number of phenols is 1. The fourth-order valence-corrected chi connectivity index (χ4v) is 4.97. The quantitative estimate of drug-likeness (QED) is 0.607. The van der Waals surface area contributed by atoms with E-state index < -0.39 is 0 Å². The van der Waals surface area contributed by atoms with Crippen LogP contribution in [0, 0.1) is 0 Å². The molecule has 1 aromatic carbocycles. The first kappa shape index (κ1) is 18.2. The van der Waals surface area contributed by atoms with Crippen LogP contribution in [0.4, 0.5) is 5.69 Å². The summed E-state index contributed by atoms with van der Waals surface area (Å²) < 4.78 is 2.37. The van der Waals surface area contributed by atoms with E-state index in [9.17, 15) is 5.11 Å². The number of anilines is 1. The van der Waals surface area contributed by atoms with Crippen molar-refractivity contribution in [2.45, 2.75) is 43.8 Å². The highest BCUT2D eigenvalue weighted by atomic mass is 32.1. The van der Waals surface area contributed by atoms with Gasteiger partial charge >= 0.3 is 0 Å². The maximum absolute atomic E-state index is 9.72. The van der Waals surface area contributed by atoms with Crippen molar-refractivity contribution in [3.05, 3.63) is 78.4 Å². The van der Waals surface area contributed by atoms with Gasteiger partial charge in [-0.3, -0.25) is 4.98 Å². The molecular formula is C23H24N4OS. The summed E-state index contributed by atoms with van der Waals surface area (Å²) in [4.78, 5) is 6.74. The van der Waals surface area contributed by atoms with Crippen molar-refractivity contribution in [2.75, 3.05) is 4.90 Å². The fourth-order valence-electron chi connectivity index (χ4n) is 4.62. The maximum atomic E-state index is 9.72. The van der Waals surface area contributed by atoms with E-state index in [1.165, 1.54) is 31.2 Å². The molecule has 2 aromatic heterocycles. The minimum atomic E-state index is -0.0445. The third-order valence-electron chi connectivity index (χ3n) is 6.05. The summed E-state index contributed by atoms with van der Waals surface area (Å²) in [6.07, 6.45) is 11.4. The van der Waals surface area contributed by atoms with Gasteiger partial charge in [-0.2, -0.15) is 0 Å².